The van der Waals surface area contributed by atoms with Crippen molar-refractivity contribution in [2.75, 3.05) is 19.6 Å². The minimum atomic E-state index is -0.174. The third-order valence-corrected chi connectivity index (χ3v) is 3.99. The first-order valence-electron chi connectivity index (χ1n) is 6.88. The number of nitrogens with zero attached hydrogens (tertiary/aromatic N) is 1. The van der Waals surface area contributed by atoms with Gasteiger partial charge in [0.2, 0.25) is 0 Å². The molecule has 18 heavy (non-hydrogen) atoms. The molecule has 1 fully saturated rings. The molecule has 1 aromatic rings. The molecule has 3 nitrogen and oxygen atoms in total. The van der Waals surface area contributed by atoms with Gasteiger partial charge in [0.25, 0.3) is 0 Å². The maximum Gasteiger partial charge on any atom is 0.0693 e. The molecular formula is C15H24N2O. The van der Waals surface area contributed by atoms with E-state index in [-0.39, 0.29) is 12.1 Å². The van der Waals surface area contributed by atoms with Crippen molar-refractivity contribution in [2.45, 2.75) is 31.9 Å². The maximum absolute atomic E-state index is 9.86. The zero-order chi connectivity index (χ0) is 13.0. The molecule has 1 heterocycles. The van der Waals surface area contributed by atoms with Gasteiger partial charge in [-0.3, -0.25) is 0 Å². The molecule has 3 atom stereocenters. The molecule has 0 spiro atoms. The van der Waals surface area contributed by atoms with Gasteiger partial charge in [0.1, 0.15) is 0 Å². The van der Waals surface area contributed by atoms with E-state index in [1.165, 1.54) is 5.56 Å². The molecule has 1 aliphatic heterocycles. The Balaban J connectivity index is 1.78. The first-order chi connectivity index (χ1) is 8.66. The summed E-state index contributed by atoms with van der Waals surface area (Å²) in [7, 11) is 0. The number of hydrogen-bond donors (Lipinski definition) is 2. The molecule has 0 saturated carbocycles. The van der Waals surface area contributed by atoms with Crippen molar-refractivity contribution in [1.29, 1.82) is 0 Å². The van der Waals surface area contributed by atoms with Crippen LogP contribution in [-0.4, -0.2) is 35.7 Å². The van der Waals surface area contributed by atoms with Crippen molar-refractivity contribution in [1.82, 2.24) is 4.90 Å². The van der Waals surface area contributed by atoms with E-state index >= 15 is 0 Å². The summed E-state index contributed by atoms with van der Waals surface area (Å²) in [5.41, 5.74) is 7.38. The summed E-state index contributed by atoms with van der Waals surface area (Å²) < 4.78 is 0. The molecular weight excluding hydrogens is 224 g/mol. The Morgan fingerprint density at radius 2 is 2.11 bits per heavy atom. The van der Waals surface area contributed by atoms with Crippen LogP contribution in [0, 0.1) is 5.92 Å². The molecule has 3 unspecified atom stereocenters. The van der Waals surface area contributed by atoms with E-state index < -0.39 is 0 Å². The molecule has 0 amide bonds. The number of nitrogens with two attached hydrogens (primary N) is 1. The van der Waals surface area contributed by atoms with Gasteiger partial charge in [-0.15, -0.1) is 0 Å². The van der Waals surface area contributed by atoms with Crippen LogP contribution in [0.15, 0.2) is 30.3 Å². The van der Waals surface area contributed by atoms with Gasteiger partial charge in [-0.2, -0.15) is 0 Å². The monoisotopic (exact) mass is 248 g/mol. The van der Waals surface area contributed by atoms with E-state index in [0.29, 0.717) is 5.92 Å². The van der Waals surface area contributed by atoms with E-state index in [1.807, 2.05) is 18.2 Å². The molecule has 100 valence electrons. The highest BCUT2D eigenvalue weighted by atomic mass is 16.3. The Bertz CT molecular complexity index is 355. The largest absolute Gasteiger partial charge is 0.392 e. The van der Waals surface area contributed by atoms with Gasteiger partial charge in [0, 0.05) is 19.1 Å². The fourth-order valence-electron chi connectivity index (χ4n) is 2.51. The predicted molar refractivity (Wildman–Crippen MR) is 74.2 cm³/mol. The Labute approximate surface area is 110 Å². The summed E-state index contributed by atoms with van der Waals surface area (Å²) in [4.78, 5) is 2.33. The number of piperidine rings is 1. The van der Waals surface area contributed by atoms with E-state index in [2.05, 4.69) is 24.0 Å². The molecule has 0 aromatic heterocycles. The summed E-state index contributed by atoms with van der Waals surface area (Å²) in [6.07, 6.45) is 1.86. The van der Waals surface area contributed by atoms with E-state index in [9.17, 15) is 5.11 Å². The van der Waals surface area contributed by atoms with E-state index in [0.717, 1.165) is 32.5 Å². The summed E-state index contributed by atoms with van der Waals surface area (Å²) in [5.74, 6) is 0.434. The second-order valence-electron chi connectivity index (χ2n) is 5.44. The Hall–Kier alpha value is -0.900. The van der Waals surface area contributed by atoms with Gasteiger partial charge in [-0.25, -0.2) is 0 Å². The fourth-order valence-corrected chi connectivity index (χ4v) is 2.51. The standard InChI is InChI=1S/C15H24N2O/c1-12-7-9-17(11-15(12)18)10-8-14(16)13-5-3-2-4-6-13/h2-6,12,14-15,18H,7-11,16H2,1H3. The number of benzene rings is 1. The van der Waals surface area contributed by atoms with Crippen LogP contribution in [0.25, 0.3) is 0 Å². The molecule has 3 N–H and O–H groups in total. The topological polar surface area (TPSA) is 49.5 Å². The van der Waals surface area contributed by atoms with E-state index in [4.69, 9.17) is 5.73 Å². The molecule has 2 rings (SSSR count). The van der Waals surface area contributed by atoms with Crippen LogP contribution in [0.3, 0.4) is 0 Å². The average molecular weight is 248 g/mol. The zero-order valence-electron chi connectivity index (χ0n) is 11.1. The van der Waals surface area contributed by atoms with Crippen LogP contribution in [0.5, 0.6) is 0 Å². The second-order valence-corrected chi connectivity index (χ2v) is 5.44. The Kier molecular flexibility index (Phi) is 4.75. The van der Waals surface area contributed by atoms with Crippen molar-refractivity contribution in [3.8, 4) is 0 Å². The van der Waals surface area contributed by atoms with Gasteiger partial charge in [-0.05, 0) is 30.9 Å². The highest BCUT2D eigenvalue weighted by Gasteiger charge is 2.24. The molecule has 0 bridgehead atoms. The Morgan fingerprint density at radius 3 is 2.78 bits per heavy atom. The number of likely N-dealkylation sites (tertiary alicyclic amines) is 1. The summed E-state index contributed by atoms with van der Waals surface area (Å²) in [6, 6.07) is 10.3. The summed E-state index contributed by atoms with van der Waals surface area (Å²) in [6.45, 7) is 4.97. The number of β-amino-alcohol motifs (C(OH)–C–C–N with tert-alkyl or cyclic N) is 1. The van der Waals surface area contributed by atoms with Crippen LogP contribution in [0.4, 0.5) is 0 Å². The highest BCUT2D eigenvalue weighted by Crippen LogP contribution is 2.19. The van der Waals surface area contributed by atoms with Crippen molar-refractivity contribution >= 4 is 0 Å². The predicted octanol–water partition coefficient (Wildman–Crippen LogP) is 1.78. The molecule has 0 radical (unpaired) electrons. The minimum absolute atomic E-state index is 0.0997. The summed E-state index contributed by atoms with van der Waals surface area (Å²) in [5, 5.41) is 9.86. The zero-order valence-corrected chi connectivity index (χ0v) is 11.1. The lowest BCUT2D eigenvalue weighted by Crippen LogP contribution is -2.43. The van der Waals surface area contributed by atoms with Crippen molar-refractivity contribution in [2.24, 2.45) is 11.7 Å². The molecule has 0 aliphatic carbocycles. The molecule has 1 saturated heterocycles. The van der Waals surface area contributed by atoms with Crippen LogP contribution < -0.4 is 5.73 Å². The second kappa shape index (κ2) is 6.32. The number of hydrogen-bond acceptors (Lipinski definition) is 3. The van der Waals surface area contributed by atoms with Crippen LogP contribution in [-0.2, 0) is 0 Å². The van der Waals surface area contributed by atoms with Crippen molar-refractivity contribution in [3.05, 3.63) is 35.9 Å². The van der Waals surface area contributed by atoms with Crippen molar-refractivity contribution < 1.29 is 5.11 Å². The first kappa shape index (κ1) is 13.5. The van der Waals surface area contributed by atoms with Crippen LogP contribution in [0.1, 0.15) is 31.4 Å². The third kappa shape index (κ3) is 3.55. The molecule has 1 aliphatic rings. The lowest BCUT2D eigenvalue weighted by Gasteiger charge is -2.34. The first-order valence-corrected chi connectivity index (χ1v) is 6.88. The molecule has 3 heteroatoms. The van der Waals surface area contributed by atoms with Gasteiger partial charge in [0.15, 0.2) is 0 Å². The SMILES string of the molecule is CC1CCN(CCC(N)c2ccccc2)CC1O. The van der Waals surface area contributed by atoms with Gasteiger partial charge >= 0.3 is 0 Å². The van der Waals surface area contributed by atoms with Gasteiger partial charge < -0.3 is 15.7 Å². The van der Waals surface area contributed by atoms with Crippen LogP contribution >= 0.6 is 0 Å². The maximum atomic E-state index is 9.86. The Morgan fingerprint density at radius 1 is 1.39 bits per heavy atom. The number of aliphatic hydroxyl groups excluding tert-OH is 1. The smallest absolute Gasteiger partial charge is 0.0693 e. The lowest BCUT2D eigenvalue weighted by atomic mass is 9.95. The van der Waals surface area contributed by atoms with Crippen molar-refractivity contribution in [3.63, 3.8) is 0 Å². The average Bonchev–Trinajstić information content (AvgIpc) is 2.41. The quantitative estimate of drug-likeness (QED) is 0.854. The number of rotatable bonds is 4. The normalized spacial score (nSPS) is 27.1. The van der Waals surface area contributed by atoms with E-state index in [1.54, 1.807) is 0 Å². The van der Waals surface area contributed by atoms with Crippen LogP contribution in [0.2, 0.25) is 0 Å². The lowest BCUT2D eigenvalue weighted by molar-refractivity contribution is 0.0282. The third-order valence-electron chi connectivity index (χ3n) is 3.99. The van der Waals surface area contributed by atoms with Gasteiger partial charge in [0.05, 0.1) is 6.10 Å². The fraction of sp³-hybridized carbons (Fsp3) is 0.600. The highest BCUT2D eigenvalue weighted by molar-refractivity contribution is 5.18. The van der Waals surface area contributed by atoms with Gasteiger partial charge in [-0.1, -0.05) is 37.3 Å². The number of aliphatic hydroxyl groups is 1. The minimum Gasteiger partial charge on any atom is -0.392 e. The summed E-state index contributed by atoms with van der Waals surface area (Å²) >= 11 is 0. The molecule has 1 aromatic carbocycles.